The lowest BCUT2D eigenvalue weighted by Gasteiger charge is -2.36. The van der Waals surface area contributed by atoms with E-state index in [4.69, 9.17) is 10.5 Å². The number of halogens is 2. The molecule has 0 spiro atoms. The van der Waals surface area contributed by atoms with Crippen LogP contribution < -0.4 is 11.1 Å². The molecule has 8 nitrogen and oxygen atoms in total. The first-order chi connectivity index (χ1) is 19.9. The highest BCUT2D eigenvalue weighted by molar-refractivity contribution is 6.02. The summed E-state index contributed by atoms with van der Waals surface area (Å²) in [4.78, 5) is 42.0. The van der Waals surface area contributed by atoms with Crippen LogP contribution in [-0.4, -0.2) is 59.7 Å². The molecule has 2 aromatic rings. The van der Waals surface area contributed by atoms with E-state index < -0.39 is 31.1 Å². The number of likely N-dealkylation sites (tertiary alicyclic amines) is 1. The molecule has 2 amide bonds. The first kappa shape index (κ1) is 28.1. The molecule has 4 aliphatic rings. The van der Waals surface area contributed by atoms with Gasteiger partial charge in [0.1, 0.15) is 11.7 Å². The molecule has 1 aromatic carbocycles. The highest BCUT2D eigenvalue weighted by Gasteiger charge is 2.48. The second kappa shape index (κ2) is 11.3. The molecule has 2 aliphatic heterocycles. The molecule has 3 fully saturated rings. The van der Waals surface area contributed by atoms with E-state index in [2.05, 4.69) is 5.32 Å². The molecule has 0 bridgehead atoms. The summed E-state index contributed by atoms with van der Waals surface area (Å²) < 4.78 is 34.1. The molecule has 41 heavy (non-hydrogen) atoms. The second-order valence-electron chi connectivity index (χ2n) is 12.5. The lowest BCUT2D eigenvalue weighted by atomic mass is 9.76. The number of aromatic nitrogens is 1. The first-order valence-electron chi connectivity index (χ1n) is 15.2. The maximum atomic E-state index is 14.0. The molecule has 6 rings (SSSR count). The number of esters is 1. The molecule has 2 saturated carbocycles. The van der Waals surface area contributed by atoms with Crippen molar-refractivity contribution in [2.45, 2.75) is 76.0 Å². The largest absolute Gasteiger partial charge is 0.428 e. The normalized spacial score (nSPS) is 28.1. The fourth-order valence-electron chi connectivity index (χ4n) is 7.91. The number of ether oxygens (including phenoxy) is 1. The lowest BCUT2D eigenvalue weighted by molar-refractivity contribution is -0.142. The maximum Gasteiger partial charge on any atom is 0.357 e. The van der Waals surface area contributed by atoms with Gasteiger partial charge in [-0.25, -0.2) is 13.6 Å². The highest BCUT2D eigenvalue weighted by Crippen LogP contribution is 2.42. The number of amides is 2. The number of hydrogen-bond donors (Lipinski definition) is 2. The summed E-state index contributed by atoms with van der Waals surface area (Å²) in [7, 11) is 0. The number of hydrogen-bond acceptors (Lipinski definition) is 5. The van der Waals surface area contributed by atoms with Gasteiger partial charge < -0.3 is 20.7 Å². The van der Waals surface area contributed by atoms with Crippen molar-refractivity contribution in [1.29, 1.82) is 0 Å². The Hall–Kier alpha value is -3.01. The van der Waals surface area contributed by atoms with E-state index in [1.165, 1.54) is 17.1 Å². The number of carbonyl (C=O) groups is 3. The van der Waals surface area contributed by atoms with Gasteiger partial charge in [0.05, 0.1) is 5.52 Å². The van der Waals surface area contributed by atoms with Gasteiger partial charge >= 0.3 is 5.97 Å². The number of carbonyl (C=O) groups excluding carboxylic acids is 3. The van der Waals surface area contributed by atoms with E-state index in [1.807, 2.05) is 4.90 Å². The van der Waals surface area contributed by atoms with Gasteiger partial charge in [-0.2, -0.15) is 0 Å². The molecule has 1 aromatic heterocycles. The van der Waals surface area contributed by atoms with Crippen LogP contribution in [0.5, 0.6) is 0 Å². The Morgan fingerprint density at radius 2 is 1.73 bits per heavy atom. The van der Waals surface area contributed by atoms with Crippen molar-refractivity contribution in [1.82, 2.24) is 9.47 Å². The maximum absolute atomic E-state index is 14.0. The smallest absolute Gasteiger partial charge is 0.357 e. The molecule has 10 heteroatoms. The van der Waals surface area contributed by atoms with Crippen LogP contribution >= 0.6 is 0 Å². The third-order valence-electron chi connectivity index (χ3n) is 10.2. The molecular weight excluding hydrogens is 530 g/mol. The fourth-order valence-corrected chi connectivity index (χ4v) is 7.91. The molecule has 3 heterocycles. The summed E-state index contributed by atoms with van der Waals surface area (Å²) in [6.07, 6.45) is 10.1. The predicted molar refractivity (Wildman–Crippen MR) is 151 cm³/mol. The summed E-state index contributed by atoms with van der Waals surface area (Å²) in [6.45, 7) is -1.13. The molecule has 2 atom stereocenters. The minimum absolute atomic E-state index is 0.0654. The number of fused-ring (bicyclic) bond motifs is 3. The molecule has 0 unspecified atom stereocenters. The number of nitrogens with one attached hydrogen (secondary N) is 1. The Bertz CT molecular complexity index is 1310. The average Bonchev–Trinajstić information content (AvgIpc) is 3.69. The molecule has 1 saturated heterocycles. The van der Waals surface area contributed by atoms with Crippen molar-refractivity contribution in [3.8, 4) is 0 Å². The van der Waals surface area contributed by atoms with E-state index in [9.17, 15) is 23.2 Å². The van der Waals surface area contributed by atoms with Crippen LogP contribution in [0, 0.1) is 23.7 Å². The topological polar surface area (TPSA) is 107 Å². The standard InChI is InChI=1S/C31H40F2N4O4/c32-17-31(18-33)37-25-11-10-23(14-22(25)15-26(37)30(40)41-31)35-28(38)27-24(20-4-2-1-3-5-20)12-13-36(27)29(39)21-8-6-19(16-34)7-9-21/h10-11,14-15,19-21,24,27H,1-9,12-13,16-18,34H2,(H,35,38)/t19?,21?,24-,27-/m0/s1. The summed E-state index contributed by atoms with van der Waals surface area (Å²) in [5, 5.41) is 3.62. The zero-order chi connectivity index (χ0) is 28.7. The summed E-state index contributed by atoms with van der Waals surface area (Å²) in [5.74, 6) is 0.0513. The monoisotopic (exact) mass is 570 g/mol. The van der Waals surface area contributed by atoms with Gasteiger partial charge in [-0.1, -0.05) is 32.1 Å². The van der Waals surface area contributed by atoms with Crippen molar-refractivity contribution in [2.75, 3.05) is 31.8 Å². The van der Waals surface area contributed by atoms with Crippen LogP contribution in [0.15, 0.2) is 24.3 Å². The minimum Gasteiger partial charge on any atom is -0.428 e. The van der Waals surface area contributed by atoms with Gasteiger partial charge in [0.25, 0.3) is 0 Å². The van der Waals surface area contributed by atoms with Crippen molar-refractivity contribution in [3.05, 3.63) is 30.0 Å². The Balaban J connectivity index is 1.25. The van der Waals surface area contributed by atoms with Gasteiger partial charge in [-0.3, -0.25) is 14.2 Å². The highest BCUT2D eigenvalue weighted by atomic mass is 19.1. The Labute approximate surface area is 238 Å². The number of benzene rings is 1. The van der Waals surface area contributed by atoms with E-state index in [0.717, 1.165) is 57.8 Å². The van der Waals surface area contributed by atoms with Crippen molar-refractivity contribution < 1.29 is 27.9 Å². The molecule has 0 radical (unpaired) electrons. The van der Waals surface area contributed by atoms with Crippen LogP contribution in [-0.2, 0) is 20.1 Å². The van der Waals surface area contributed by atoms with Gasteiger partial charge in [0.15, 0.2) is 13.3 Å². The fraction of sp³-hybridized carbons (Fsp3) is 0.645. The third-order valence-corrected chi connectivity index (χ3v) is 10.2. The number of nitrogens with two attached hydrogens (primary N) is 1. The number of cyclic esters (lactones) is 1. The van der Waals surface area contributed by atoms with Crippen molar-refractivity contribution in [3.63, 3.8) is 0 Å². The predicted octanol–water partition coefficient (Wildman–Crippen LogP) is 4.90. The molecule has 222 valence electrons. The average molecular weight is 571 g/mol. The zero-order valence-electron chi connectivity index (χ0n) is 23.5. The van der Waals surface area contributed by atoms with Crippen molar-refractivity contribution >= 4 is 34.4 Å². The summed E-state index contributed by atoms with van der Waals surface area (Å²) in [6, 6.07) is 6.02. The van der Waals surface area contributed by atoms with Crippen LogP contribution in [0.25, 0.3) is 10.9 Å². The minimum atomic E-state index is -2.00. The Morgan fingerprint density at radius 3 is 2.41 bits per heavy atom. The van der Waals surface area contributed by atoms with Gasteiger partial charge in [-0.05, 0) is 80.7 Å². The van der Waals surface area contributed by atoms with Crippen molar-refractivity contribution in [2.24, 2.45) is 29.4 Å². The van der Waals surface area contributed by atoms with Crippen LogP contribution in [0.3, 0.4) is 0 Å². The van der Waals surface area contributed by atoms with Gasteiger partial charge in [0, 0.05) is 23.5 Å². The van der Waals surface area contributed by atoms with Gasteiger partial charge in [-0.15, -0.1) is 0 Å². The van der Waals surface area contributed by atoms with Crippen LogP contribution in [0.2, 0.25) is 0 Å². The number of nitrogens with zero attached hydrogens (tertiary/aromatic N) is 2. The molecule has 2 aliphatic carbocycles. The zero-order valence-corrected chi connectivity index (χ0v) is 23.5. The quantitative estimate of drug-likeness (QED) is 0.461. The van der Waals surface area contributed by atoms with E-state index >= 15 is 0 Å². The van der Waals surface area contributed by atoms with E-state index in [-0.39, 0.29) is 29.3 Å². The second-order valence-corrected chi connectivity index (χ2v) is 12.5. The summed E-state index contributed by atoms with van der Waals surface area (Å²) >= 11 is 0. The molecule has 3 N–H and O–H groups in total. The lowest BCUT2D eigenvalue weighted by Crippen LogP contribution is -2.49. The number of anilines is 1. The Kier molecular flexibility index (Phi) is 7.78. The summed E-state index contributed by atoms with van der Waals surface area (Å²) in [5.41, 5.74) is 4.90. The van der Waals surface area contributed by atoms with Gasteiger partial charge in [0.2, 0.25) is 17.5 Å². The molecular formula is C31H40F2N4O4. The van der Waals surface area contributed by atoms with Crippen LogP contribution in [0.1, 0.15) is 74.7 Å². The number of alkyl halides is 2. The first-order valence-corrected chi connectivity index (χ1v) is 15.2. The Morgan fingerprint density at radius 1 is 1.00 bits per heavy atom. The SMILES string of the molecule is NCC1CCC(C(=O)N2CC[C@@H](C3CCCCC3)[C@H]2C(=O)Nc2ccc3c(c2)cc2n3C(CF)(CF)OC2=O)CC1. The van der Waals surface area contributed by atoms with Crippen LogP contribution in [0.4, 0.5) is 14.5 Å². The van der Waals surface area contributed by atoms with E-state index in [0.29, 0.717) is 41.5 Å². The number of rotatable bonds is 7. The third kappa shape index (κ3) is 4.91. The van der Waals surface area contributed by atoms with E-state index in [1.54, 1.807) is 18.2 Å².